The Morgan fingerprint density at radius 3 is 2.43 bits per heavy atom. The first-order valence-electron chi connectivity index (χ1n) is 5.61. The fourth-order valence-electron chi connectivity index (χ4n) is 1.43. The lowest BCUT2D eigenvalue weighted by atomic mass is 10.3. The SMILES string of the molecule is O=C(COC(=O)c1ccoc1)Nc1c(Cl)cc(Cl)cc1Cl. The van der Waals surface area contributed by atoms with E-state index in [-0.39, 0.29) is 21.3 Å². The van der Waals surface area contributed by atoms with Crippen LogP contribution in [0.1, 0.15) is 10.4 Å². The van der Waals surface area contributed by atoms with Crippen LogP contribution in [0.5, 0.6) is 0 Å². The quantitative estimate of drug-likeness (QED) is 0.847. The number of hydrogen-bond acceptors (Lipinski definition) is 4. The van der Waals surface area contributed by atoms with Crippen LogP contribution in [0.4, 0.5) is 5.69 Å². The van der Waals surface area contributed by atoms with Crippen molar-refractivity contribution in [2.24, 2.45) is 0 Å². The highest BCUT2D eigenvalue weighted by Gasteiger charge is 2.14. The zero-order valence-electron chi connectivity index (χ0n) is 10.4. The summed E-state index contributed by atoms with van der Waals surface area (Å²) in [7, 11) is 0. The van der Waals surface area contributed by atoms with Gasteiger partial charge in [0.05, 0.1) is 27.6 Å². The van der Waals surface area contributed by atoms with Crippen LogP contribution < -0.4 is 5.32 Å². The molecule has 110 valence electrons. The molecular formula is C13H8Cl3NO4. The van der Waals surface area contributed by atoms with Crippen LogP contribution in [0.3, 0.4) is 0 Å². The summed E-state index contributed by atoms with van der Waals surface area (Å²) in [5.74, 6) is -1.26. The van der Waals surface area contributed by atoms with Crippen LogP contribution >= 0.6 is 34.8 Å². The number of carbonyl (C=O) groups is 2. The van der Waals surface area contributed by atoms with E-state index in [1.165, 1.54) is 30.7 Å². The summed E-state index contributed by atoms with van der Waals surface area (Å²) >= 11 is 17.6. The van der Waals surface area contributed by atoms with Crippen molar-refractivity contribution < 1.29 is 18.7 Å². The lowest BCUT2D eigenvalue weighted by Crippen LogP contribution is -2.21. The molecule has 0 aliphatic heterocycles. The zero-order chi connectivity index (χ0) is 15.4. The maximum absolute atomic E-state index is 11.7. The Morgan fingerprint density at radius 2 is 1.86 bits per heavy atom. The van der Waals surface area contributed by atoms with E-state index < -0.39 is 18.5 Å². The monoisotopic (exact) mass is 347 g/mol. The zero-order valence-corrected chi connectivity index (χ0v) is 12.6. The Morgan fingerprint density at radius 1 is 1.19 bits per heavy atom. The number of esters is 1. The molecule has 0 spiro atoms. The van der Waals surface area contributed by atoms with Crippen LogP contribution in [0.25, 0.3) is 0 Å². The third-order valence-corrected chi connectivity index (χ3v) is 3.18. The first kappa shape index (κ1) is 15.7. The Labute approximate surface area is 134 Å². The number of benzene rings is 1. The summed E-state index contributed by atoms with van der Waals surface area (Å²) in [5, 5.41) is 3.15. The van der Waals surface area contributed by atoms with Gasteiger partial charge in [-0.1, -0.05) is 34.8 Å². The van der Waals surface area contributed by atoms with Gasteiger partial charge in [0, 0.05) is 5.02 Å². The molecule has 1 heterocycles. The lowest BCUT2D eigenvalue weighted by Gasteiger charge is -2.10. The van der Waals surface area contributed by atoms with E-state index in [4.69, 9.17) is 44.0 Å². The standard InChI is InChI=1S/C13H8Cl3NO4/c14-8-3-9(15)12(10(16)4-8)17-11(18)6-21-13(19)7-1-2-20-5-7/h1-5H,6H2,(H,17,18). The molecule has 1 amide bonds. The molecule has 1 N–H and O–H groups in total. The van der Waals surface area contributed by atoms with Crippen LogP contribution in [-0.2, 0) is 9.53 Å². The van der Waals surface area contributed by atoms with Crippen molar-refractivity contribution in [1.82, 2.24) is 0 Å². The molecule has 0 saturated heterocycles. The molecule has 0 aliphatic carbocycles. The minimum Gasteiger partial charge on any atom is -0.472 e. The van der Waals surface area contributed by atoms with Gasteiger partial charge >= 0.3 is 5.97 Å². The van der Waals surface area contributed by atoms with Crippen LogP contribution in [0.2, 0.25) is 15.1 Å². The topological polar surface area (TPSA) is 68.5 Å². The smallest absolute Gasteiger partial charge is 0.341 e. The average molecular weight is 349 g/mol. The lowest BCUT2D eigenvalue weighted by molar-refractivity contribution is -0.119. The Bertz CT molecular complexity index is 647. The molecule has 1 aromatic heterocycles. The largest absolute Gasteiger partial charge is 0.472 e. The second-order valence-electron chi connectivity index (χ2n) is 3.88. The number of anilines is 1. The molecule has 1 aromatic carbocycles. The maximum Gasteiger partial charge on any atom is 0.341 e. The molecule has 0 unspecified atom stereocenters. The molecule has 0 saturated carbocycles. The van der Waals surface area contributed by atoms with Gasteiger partial charge in [-0.3, -0.25) is 4.79 Å². The Kier molecular flexibility index (Phi) is 5.12. The predicted molar refractivity (Wildman–Crippen MR) is 79.1 cm³/mol. The minimum atomic E-state index is -0.674. The second-order valence-corrected chi connectivity index (χ2v) is 5.13. The number of hydrogen-bond donors (Lipinski definition) is 1. The number of rotatable bonds is 4. The van der Waals surface area contributed by atoms with Gasteiger partial charge in [0.15, 0.2) is 6.61 Å². The van der Waals surface area contributed by atoms with E-state index in [0.717, 1.165) is 0 Å². The first-order valence-corrected chi connectivity index (χ1v) is 6.74. The van der Waals surface area contributed by atoms with E-state index in [1.807, 2.05) is 0 Å². The third kappa shape index (κ3) is 4.14. The van der Waals surface area contributed by atoms with E-state index in [1.54, 1.807) is 0 Å². The molecule has 0 atom stereocenters. The second kappa shape index (κ2) is 6.85. The number of amides is 1. The summed E-state index contributed by atoms with van der Waals surface area (Å²) in [4.78, 5) is 23.2. The van der Waals surface area contributed by atoms with E-state index in [0.29, 0.717) is 5.02 Å². The molecule has 21 heavy (non-hydrogen) atoms. The average Bonchev–Trinajstić information content (AvgIpc) is 2.94. The number of halogens is 3. The van der Waals surface area contributed by atoms with E-state index in [9.17, 15) is 9.59 Å². The summed E-state index contributed by atoms with van der Waals surface area (Å²) in [6.07, 6.45) is 2.54. The van der Waals surface area contributed by atoms with Crippen LogP contribution in [-0.4, -0.2) is 18.5 Å². The molecule has 0 radical (unpaired) electrons. The highest BCUT2D eigenvalue weighted by Crippen LogP contribution is 2.33. The van der Waals surface area contributed by atoms with Crippen LogP contribution in [0.15, 0.2) is 35.1 Å². The van der Waals surface area contributed by atoms with Crippen molar-refractivity contribution in [2.75, 3.05) is 11.9 Å². The van der Waals surface area contributed by atoms with Gasteiger partial charge in [-0.25, -0.2) is 4.79 Å². The molecule has 2 rings (SSSR count). The van der Waals surface area contributed by atoms with Crippen molar-refractivity contribution in [1.29, 1.82) is 0 Å². The number of nitrogens with one attached hydrogen (secondary N) is 1. The Balaban J connectivity index is 1.95. The molecule has 0 bridgehead atoms. The number of furan rings is 1. The highest BCUT2D eigenvalue weighted by atomic mass is 35.5. The maximum atomic E-state index is 11.7. The third-order valence-electron chi connectivity index (χ3n) is 2.36. The summed E-state index contributed by atoms with van der Waals surface area (Å²) in [5.41, 5.74) is 0.414. The predicted octanol–water partition coefficient (Wildman–Crippen LogP) is 4.04. The normalized spacial score (nSPS) is 10.2. The van der Waals surface area contributed by atoms with Crippen molar-refractivity contribution in [3.05, 3.63) is 51.4 Å². The van der Waals surface area contributed by atoms with Gasteiger partial charge in [0.25, 0.3) is 5.91 Å². The summed E-state index contributed by atoms with van der Waals surface area (Å²) < 4.78 is 9.53. The van der Waals surface area contributed by atoms with Crippen molar-refractivity contribution in [2.45, 2.75) is 0 Å². The molecule has 5 nitrogen and oxygen atoms in total. The molecule has 2 aromatic rings. The number of carbonyl (C=O) groups excluding carboxylic acids is 2. The number of ether oxygens (including phenoxy) is 1. The van der Waals surface area contributed by atoms with Gasteiger partial charge in [-0.15, -0.1) is 0 Å². The fraction of sp³-hybridized carbons (Fsp3) is 0.0769. The van der Waals surface area contributed by atoms with Gasteiger partial charge in [0.1, 0.15) is 6.26 Å². The molecular weight excluding hydrogens is 341 g/mol. The fourth-order valence-corrected chi connectivity index (χ4v) is 2.34. The molecule has 8 heteroatoms. The van der Waals surface area contributed by atoms with Crippen molar-refractivity contribution >= 4 is 52.4 Å². The van der Waals surface area contributed by atoms with Gasteiger partial charge < -0.3 is 14.5 Å². The van der Waals surface area contributed by atoms with Gasteiger partial charge in [-0.05, 0) is 18.2 Å². The van der Waals surface area contributed by atoms with E-state index in [2.05, 4.69) is 5.32 Å². The van der Waals surface area contributed by atoms with Crippen LogP contribution in [0, 0.1) is 0 Å². The Hall–Kier alpha value is -1.69. The molecule has 0 fully saturated rings. The minimum absolute atomic E-state index is 0.182. The molecule has 0 aliphatic rings. The first-order chi connectivity index (χ1) is 9.97. The van der Waals surface area contributed by atoms with Gasteiger partial charge in [-0.2, -0.15) is 0 Å². The van der Waals surface area contributed by atoms with E-state index >= 15 is 0 Å². The highest BCUT2D eigenvalue weighted by molar-refractivity contribution is 6.42. The summed E-state index contributed by atoms with van der Waals surface area (Å²) in [6.45, 7) is -0.487. The summed E-state index contributed by atoms with van der Waals surface area (Å²) in [6, 6.07) is 4.29. The van der Waals surface area contributed by atoms with Crippen molar-refractivity contribution in [3.63, 3.8) is 0 Å². The van der Waals surface area contributed by atoms with Crippen molar-refractivity contribution in [3.8, 4) is 0 Å². The van der Waals surface area contributed by atoms with Gasteiger partial charge in [0.2, 0.25) is 0 Å².